The molecular weight excluding hydrogens is 292 g/mol. The number of hydrogen-bond donors (Lipinski definition) is 2. The second kappa shape index (κ2) is 8.15. The summed E-state index contributed by atoms with van der Waals surface area (Å²) >= 11 is 0. The van der Waals surface area contributed by atoms with Crippen molar-refractivity contribution >= 4 is 11.7 Å². The highest BCUT2D eigenvalue weighted by Gasteiger charge is 2.23. The van der Waals surface area contributed by atoms with Gasteiger partial charge in [0.15, 0.2) is 0 Å². The summed E-state index contributed by atoms with van der Waals surface area (Å²) in [7, 11) is 1.66. The third-order valence-electron chi connectivity index (χ3n) is 4.22. The van der Waals surface area contributed by atoms with Gasteiger partial charge in [0, 0.05) is 32.4 Å². The third-order valence-corrected chi connectivity index (χ3v) is 4.22. The van der Waals surface area contributed by atoms with Crippen LogP contribution in [0.5, 0.6) is 0 Å². The van der Waals surface area contributed by atoms with Gasteiger partial charge < -0.3 is 15.2 Å². The van der Waals surface area contributed by atoms with Crippen LogP contribution in [0.4, 0.5) is 10.5 Å². The average molecular weight is 320 g/mol. The highest BCUT2D eigenvalue weighted by atomic mass is 16.2. The minimum atomic E-state index is -0.316. The maximum Gasteiger partial charge on any atom is 0.319 e. The Hall–Kier alpha value is -1.82. The molecule has 2 amide bonds. The van der Waals surface area contributed by atoms with E-state index >= 15 is 0 Å². The molecule has 2 heterocycles. The van der Waals surface area contributed by atoms with Gasteiger partial charge in [-0.2, -0.15) is 0 Å². The first kappa shape index (κ1) is 17.5. The van der Waals surface area contributed by atoms with Gasteiger partial charge in [0.2, 0.25) is 0 Å². The van der Waals surface area contributed by atoms with Crippen LogP contribution in [0.1, 0.15) is 33.1 Å². The van der Waals surface area contributed by atoms with Crippen molar-refractivity contribution in [3.8, 4) is 0 Å². The lowest BCUT2D eigenvalue weighted by molar-refractivity contribution is 0.131. The number of amides is 2. The summed E-state index contributed by atoms with van der Waals surface area (Å²) in [6.45, 7) is 7.22. The van der Waals surface area contributed by atoms with Gasteiger partial charge in [-0.15, -0.1) is 0 Å². The molecule has 0 unspecified atom stereocenters. The zero-order chi connectivity index (χ0) is 16.8. The summed E-state index contributed by atoms with van der Waals surface area (Å²) in [5.74, 6) is 0.622. The normalized spacial score (nSPS) is 18.9. The minimum absolute atomic E-state index is 0.207. The molecule has 23 heavy (non-hydrogen) atoms. The molecule has 0 aliphatic carbocycles. The fourth-order valence-electron chi connectivity index (χ4n) is 3.07. The molecule has 1 atom stereocenters. The highest BCUT2D eigenvalue weighted by molar-refractivity contribution is 5.88. The molecular formula is C17H28N4O2. The van der Waals surface area contributed by atoms with Crippen LogP contribution in [0, 0.1) is 5.92 Å². The molecule has 2 N–H and O–H groups in total. The zero-order valence-corrected chi connectivity index (χ0v) is 14.3. The number of pyridine rings is 1. The Morgan fingerprint density at radius 2 is 2.17 bits per heavy atom. The van der Waals surface area contributed by atoms with Crippen molar-refractivity contribution in [1.29, 1.82) is 0 Å². The van der Waals surface area contributed by atoms with Crippen LogP contribution in [0.15, 0.2) is 23.1 Å². The third kappa shape index (κ3) is 5.10. The van der Waals surface area contributed by atoms with Crippen molar-refractivity contribution in [1.82, 2.24) is 14.8 Å². The van der Waals surface area contributed by atoms with Crippen molar-refractivity contribution in [2.24, 2.45) is 13.0 Å². The van der Waals surface area contributed by atoms with Crippen molar-refractivity contribution in [2.75, 3.05) is 25.0 Å². The van der Waals surface area contributed by atoms with Crippen LogP contribution in [0.3, 0.4) is 0 Å². The molecule has 1 saturated heterocycles. The standard InChI is InChI=1S/C17H28N4O2/c1-13(2)12-21-10-5-4-7-14(21)11-18-17(23)19-15-8-6-9-20(3)16(15)22/h6,8-9,13-14H,4-5,7,10-12H2,1-3H3,(H2,18,19,23)/t14-/m0/s1. The Labute approximate surface area is 137 Å². The van der Waals surface area contributed by atoms with E-state index in [1.165, 1.54) is 17.4 Å². The van der Waals surface area contributed by atoms with Gasteiger partial charge in [0.05, 0.1) is 0 Å². The number of aromatic nitrogens is 1. The lowest BCUT2D eigenvalue weighted by atomic mass is 10.0. The molecule has 2 rings (SSSR count). The van der Waals surface area contributed by atoms with E-state index in [1.54, 1.807) is 25.4 Å². The smallest absolute Gasteiger partial charge is 0.319 e. The number of carbonyl (C=O) groups excluding carboxylic acids is 1. The summed E-state index contributed by atoms with van der Waals surface area (Å²) < 4.78 is 1.45. The first-order chi connectivity index (χ1) is 11.0. The molecule has 1 fully saturated rings. The van der Waals surface area contributed by atoms with Crippen molar-refractivity contribution in [3.05, 3.63) is 28.7 Å². The predicted octanol–water partition coefficient (Wildman–Crippen LogP) is 2.02. The summed E-state index contributed by atoms with van der Waals surface area (Å²) in [6, 6.07) is 3.43. The molecule has 1 aromatic rings. The minimum Gasteiger partial charge on any atom is -0.336 e. The molecule has 1 aliphatic rings. The maximum absolute atomic E-state index is 12.1. The summed E-state index contributed by atoms with van der Waals surface area (Å²) in [5.41, 5.74) is 0.0944. The number of urea groups is 1. The molecule has 1 aliphatic heterocycles. The first-order valence-corrected chi connectivity index (χ1v) is 8.42. The summed E-state index contributed by atoms with van der Waals surface area (Å²) in [5, 5.41) is 5.56. The fraction of sp³-hybridized carbons (Fsp3) is 0.647. The van der Waals surface area contributed by atoms with Crippen LogP contribution in [0.25, 0.3) is 0 Å². The van der Waals surface area contributed by atoms with Gasteiger partial charge in [-0.05, 0) is 37.4 Å². The number of anilines is 1. The van der Waals surface area contributed by atoms with E-state index in [0.29, 0.717) is 24.2 Å². The predicted molar refractivity (Wildman–Crippen MR) is 92.8 cm³/mol. The molecule has 6 heteroatoms. The Morgan fingerprint density at radius 1 is 1.39 bits per heavy atom. The average Bonchev–Trinajstić information content (AvgIpc) is 2.50. The highest BCUT2D eigenvalue weighted by Crippen LogP contribution is 2.17. The fourth-order valence-corrected chi connectivity index (χ4v) is 3.07. The quantitative estimate of drug-likeness (QED) is 0.872. The van der Waals surface area contributed by atoms with E-state index in [2.05, 4.69) is 29.4 Å². The Balaban J connectivity index is 1.87. The second-order valence-corrected chi connectivity index (χ2v) is 6.71. The Morgan fingerprint density at radius 3 is 2.91 bits per heavy atom. The van der Waals surface area contributed by atoms with Gasteiger partial charge in [-0.25, -0.2) is 4.79 Å². The van der Waals surface area contributed by atoms with Crippen molar-refractivity contribution < 1.29 is 4.79 Å². The largest absolute Gasteiger partial charge is 0.336 e. The van der Waals surface area contributed by atoms with Crippen LogP contribution in [0.2, 0.25) is 0 Å². The van der Waals surface area contributed by atoms with Crippen LogP contribution in [-0.4, -0.2) is 41.2 Å². The van der Waals surface area contributed by atoms with Crippen LogP contribution >= 0.6 is 0 Å². The monoisotopic (exact) mass is 320 g/mol. The summed E-state index contributed by atoms with van der Waals surface area (Å²) in [6.07, 6.45) is 5.22. The van der Waals surface area contributed by atoms with E-state index in [4.69, 9.17) is 0 Å². The van der Waals surface area contributed by atoms with E-state index in [1.807, 2.05) is 0 Å². The second-order valence-electron chi connectivity index (χ2n) is 6.71. The number of rotatable bonds is 5. The Bertz CT molecular complexity index is 582. The molecule has 1 aromatic heterocycles. The molecule has 128 valence electrons. The van der Waals surface area contributed by atoms with E-state index in [9.17, 15) is 9.59 Å². The number of aryl methyl sites for hydroxylation is 1. The first-order valence-electron chi connectivity index (χ1n) is 8.42. The van der Waals surface area contributed by atoms with Crippen LogP contribution < -0.4 is 16.2 Å². The zero-order valence-electron chi connectivity index (χ0n) is 14.3. The van der Waals surface area contributed by atoms with Crippen molar-refractivity contribution in [2.45, 2.75) is 39.2 Å². The maximum atomic E-state index is 12.1. The lowest BCUT2D eigenvalue weighted by Crippen LogP contribution is -2.48. The van der Waals surface area contributed by atoms with Gasteiger partial charge in [-0.3, -0.25) is 9.69 Å². The topological polar surface area (TPSA) is 66.4 Å². The number of nitrogens with one attached hydrogen (secondary N) is 2. The molecule has 0 saturated carbocycles. The number of nitrogens with zero attached hydrogens (tertiary/aromatic N) is 2. The van der Waals surface area contributed by atoms with Gasteiger partial charge in [0.1, 0.15) is 5.69 Å². The van der Waals surface area contributed by atoms with E-state index in [-0.39, 0.29) is 11.6 Å². The van der Waals surface area contributed by atoms with Crippen LogP contribution in [-0.2, 0) is 7.05 Å². The molecule has 0 aromatic carbocycles. The lowest BCUT2D eigenvalue weighted by Gasteiger charge is -2.36. The van der Waals surface area contributed by atoms with Gasteiger partial charge in [-0.1, -0.05) is 20.3 Å². The number of piperidine rings is 1. The SMILES string of the molecule is CC(C)CN1CCCC[C@H]1CNC(=O)Nc1cccn(C)c1=O. The van der Waals surface area contributed by atoms with E-state index in [0.717, 1.165) is 19.5 Å². The molecule has 6 nitrogen and oxygen atoms in total. The Kier molecular flexibility index (Phi) is 6.21. The molecule has 0 radical (unpaired) electrons. The number of carbonyl (C=O) groups is 1. The number of likely N-dealkylation sites (tertiary alicyclic amines) is 1. The van der Waals surface area contributed by atoms with Crippen molar-refractivity contribution in [3.63, 3.8) is 0 Å². The number of hydrogen-bond acceptors (Lipinski definition) is 3. The van der Waals surface area contributed by atoms with E-state index < -0.39 is 0 Å². The molecule has 0 bridgehead atoms. The van der Waals surface area contributed by atoms with Gasteiger partial charge in [0.25, 0.3) is 5.56 Å². The van der Waals surface area contributed by atoms with Gasteiger partial charge >= 0.3 is 6.03 Å². The molecule has 0 spiro atoms. The summed E-state index contributed by atoms with van der Waals surface area (Å²) in [4.78, 5) is 26.4.